The van der Waals surface area contributed by atoms with Gasteiger partial charge in [-0.3, -0.25) is 4.79 Å². The fourth-order valence-corrected chi connectivity index (χ4v) is 7.97. The average molecular weight is 720 g/mol. The number of aromatic nitrogens is 3. The Kier molecular flexibility index (Phi) is 11.7. The van der Waals surface area contributed by atoms with E-state index in [9.17, 15) is 9.59 Å². The molecule has 0 radical (unpaired) electrons. The molecule has 1 aromatic carbocycles. The molecule has 0 spiro atoms. The minimum atomic E-state index is -1.23. The minimum absolute atomic E-state index is 0.0178. The molecule has 6 rings (SSSR count). The van der Waals surface area contributed by atoms with Crippen molar-refractivity contribution < 1.29 is 23.8 Å². The summed E-state index contributed by atoms with van der Waals surface area (Å²) in [5.41, 5.74) is 3.20. The molecule has 3 aliphatic heterocycles. The lowest BCUT2D eigenvalue weighted by molar-refractivity contribution is -0.121. The molecular weight excluding hydrogens is 663 g/mol. The zero-order valence-corrected chi connectivity index (χ0v) is 32.4. The Labute approximate surface area is 303 Å². The number of likely N-dealkylation sites (tertiary alicyclic amines) is 2. The van der Waals surface area contributed by atoms with Crippen molar-refractivity contribution >= 4 is 42.6 Å². The van der Waals surface area contributed by atoms with Gasteiger partial charge in [0.15, 0.2) is 0 Å². The van der Waals surface area contributed by atoms with Crippen LogP contribution in [0.1, 0.15) is 46.5 Å². The van der Waals surface area contributed by atoms with Crippen LogP contribution < -0.4 is 10.2 Å². The zero-order chi connectivity index (χ0) is 36.2. The maximum Gasteiger partial charge on any atom is 0.410 e. The van der Waals surface area contributed by atoms with Crippen LogP contribution in [0.25, 0.3) is 22.3 Å². The number of carbonyl (C=O) groups is 2. The van der Waals surface area contributed by atoms with Gasteiger partial charge in [0.2, 0.25) is 5.91 Å². The Balaban J connectivity index is 1.07. The van der Waals surface area contributed by atoms with Gasteiger partial charge in [0, 0.05) is 58.5 Å². The summed E-state index contributed by atoms with van der Waals surface area (Å²) in [5, 5.41) is 4.19. The number of anilines is 2. The monoisotopic (exact) mass is 719 g/mol. The Morgan fingerprint density at radius 1 is 0.941 bits per heavy atom. The molecule has 0 unspecified atom stereocenters. The van der Waals surface area contributed by atoms with Gasteiger partial charge in [-0.25, -0.2) is 14.8 Å². The van der Waals surface area contributed by atoms with Crippen LogP contribution in [0, 0.1) is 5.92 Å². The van der Waals surface area contributed by atoms with Crippen LogP contribution in [0.5, 0.6) is 0 Å². The molecule has 12 nitrogen and oxygen atoms in total. The van der Waals surface area contributed by atoms with E-state index < -0.39 is 13.7 Å². The third-order valence-corrected chi connectivity index (χ3v) is 11.9. The van der Waals surface area contributed by atoms with Gasteiger partial charge in [0.05, 0.1) is 24.3 Å². The SMILES string of the molecule is CC(C)(C)OC(=O)N1CCC(N2CCC(C(=O)Nc3ccc(-c4cc5c(N6CCOCC6)ncnc5n4COCC[Si](C)(C)C)cc3)CC2)CC1. The Morgan fingerprint density at radius 3 is 2.27 bits per heavy atom. The largest absolute Gasteiger partial charge is 0.444 e. The number of hydrogen-bond donors (Lipinski definition) is 1. The number of amides is 2. The van der Waals surface area contributed by atoms with Gasteiger partial charge in [-0.2, -0.15) is 0 Å². The van der Waals surface area contributed by atoms with E-state index in [-0.39, 0.29) is 17.9 Å². The smallest absolute Gasteiger partial charge is 0.410 e. The van der Waals surface area contributed by atoms with Gasteiger partial charge < -0.3 is 38.8 Å². The highest BCUT2D eigenvalue weighted by Crippen LogP contribution is 2.33. The first kappa shape index (κ1) is 37.2. The fourth-order valence-electron chi connectivity index (χ4n) is 7.22. The van der Waals surface area contributed by atoms with Crippen LogP contribution in [0.2, 0.25) is 25.7 Å². The first-order chi connectivity index (χ1) is 24.3. The highest BCUT2D eigenvalue weighted by atomic mass is 28.3. The van der Waals surface area contributed by atoms with Crippen molar-refractivity contribution in [1.82, 2.24) is 24.3 Å². The lowest BCUT2D eigenvalue weighted by Crippen LogP contribution is -2.50. The Bertz CT molecular complexity index is 1630. The van der Waals surface area contributed by atoms with E-state index in [0.29, 0.717) is 45.7 Å². The minimum Gasteiger partial charge on any atom is -0.444 e. The van der Waals surface area contributed by atoms with Gasteiger partial charge in [0.1, 0.15) is 30.1 Å². The van der Waals surface area contributed by atoms with E-state index >= 15 is 0 Å². The van der Waals surface area contributed by atoms with Crippen LogP contribution in [0.4, 0.5) is 16.3 Å². The van der Waals surface area contributed by atoms with Gasteiger partial charge >= 0.3 is 6.09 Å². The van der Waals surface area contributed by atoms with E-state index in [0.717, 1.165) is 91.7 Å². The second-order valence-corrected chi connectivity index (χ2v) is 22.0. The van der Waals surface area contributed by atoms with Gasteiger partial charge in [-0.05, 0) is 89.4 Å². The van der Waals surface area contributed by atoms with Crippen LogP contribution in [-0.4, -0.2) is 115 Å². The predicted octanol–water partition coefficient (Wildman–Crippen LogP) is 6.30. The molecule has 1 N–H and O–H groups in total. The molecule has 2 amide bonds. The summed E-state index contributed by atoms with van der Waals surface area (Å²) >= 11 is 0. The zero-order valence-electron chi connectivity index (χ0n) is 31.4. The molecule has 0 aliphatic carbocycles. The number of piperidine rings is 2. The number of hydrogen-bond acceptors (Lipinski definition) is 9. The maximum absolute atomic E-state index is 13.4. The third kappa shape index (κ3) is 9.68. The topological polar surface area (TPSA) is 114 Å². The molecule has 278 valence electrons. The summed E-state index contributed by atoms with van der Waals surface area (Å²) in [7, 11) is -1.23. The summed E-state index contributed by atoms with van der Waals surface area (Å²) < 4.78 is 19.6. The van der Waals surface area contributed by atoms with Crippen LogP contribution in [0.15, 0.2) is 36.7 Å². The summed E-state index contributed by atoms with van der Waals surface area (Å²) in [5.74, 6) is 0.986. The number of rotatable bonds is 10. The molecule has 3 saturated heterocycles. The highest BCUT2D eigenvalue weighted by Gasteiger charge is 2.33. The van der Waals surface area contributed by atoms with E-state index in [4.69, 9.17) is 24.2 Å². The molecule has 2 aromatic heterocycles. The highest BCUT2D eigenvalue weighted by molar-refractivity contribution is 6.76. The molecule has 0 bridgehead atoms. The van der Waals surface area contributed by atoms with Gasteiger partial charge in [0.25, 0.3) is 0 Å². The summed E-state index contributed by atoms with van der Waals surface area (Å²) in [6.45, 7) is 20.1. The molecule has 3 aromatic rings. The second kappa shape index (κ2) is 16.0. The average Bonchev–Trinajstić information content (AvgIpc) is 3.48. The van der Waals surface area contributed by atoms with Gasteiger partial charge in [-0.1, -0.05) is 31.8 Å². The van der Waals surface area contributed by atoms with Crippen molar-refractivity contribution in [3.05, 3.63) is 36.7 Å². The van der Waals surface area contributed by atoms with Crippen molar-refractivity contribution in [2.75, 3.05) is 69.3 Å². The Morgan fingerprint density at radius 2 is 1.63 bits per heavy atom. The Hall–Kier alpha value is -3.52. The molecular formula is C38H57N7O5Si. The number of nitrogens with zero attached hydrogens (tertiary/aromatic N) is 6. The lowest BCUT2D eigenvalue weighted by atomic mass is 9.92. The normalized spacial score (nSPS) is 18.7. The predicted molar refractivity (Wildman–Crippen MR) is 204 cm³/mol. The molecule has 0 atom stereocenters. The number of ether oxygens (including phenoxy) is 3. The van der Waals surface area contributed by atoms with E-state index in [1.807, 2.05) is 37.8 Å². The molecule has 5 heterocycles. The van der Waals surface area contributed by atoms with Gasteiger partial charge in [-0.15, -0.1) is 0 Å². The van der Waals surface area contributed by atoms with Crippen molar-refractivity contribution in [2.45, 2.75) is 90.5 Å². The van der Waals surface area contributed by atoms with Crippen LogP contribution >= 0.6 is 0 Å². The number of benzene rings is 1. The standard InChI is InChI=1S/C38H57N7O5Si/c1-38(2,3)50-37(47)44-17-13-31(14-18-44)42-15-11-29(12-16-42)36(46)41-30-9-7-28(8-10-30)33-25-32-34(43-19-21-48-22-20-43)39-26-40-35(32)45(33)27-49-23-24-51(4,5)6/h7-10,25-26,29,31H,11-24,27H2,1-6H3,(H,41,46). The molecule has 3 aliphatic rings. The first-order valence-electron chi connectivity index (χ1n) is 18.7. The van der Waals surface area contributed by atoms with E-state index in [1.54, 1.807) is 6.33 Å². The number of fused-ring (bicyclic) bond motifs is 1. The van der Waals surface area contributed by atoms with Crippen molar-refractivity contribution in [2.24, 2.45) is 5.92 Å². The first-order valence-corrected chi connectivity index (χ1v) is 22.4. The summed E-state index contributed by atoms with van der Waals surface area (Å²) in [4.78, 5) is 41.9. The second-order valence-electron chi connectivity index (χ2n) is 16.4. The molecule has 51 heavy (non-hydrogen) atoms. The number of nitrogens with one attached hydrogen (secondary N) is 1. The fraction of sp³-hybridized carbons (Fsp3) is 0.632. The van der Waals surface area contributed by atoms with Crippen LogP contribution in [-0.2, 0) is 25.7 Å². The molecule has 13 heteroatoms. The van der Waals surface area contributed by atoms with E-state index in [2.05, 4.69) is 57.5 Å². The van der Waals surface area contributed by atoms with E-state index in [1.165, 1.54) is 0 Å². The number of morpholine rings is 1. The quantitative estimate of drug-likeness (QED) is 0.191. The molecule has 3 fully saturated rings. The van der Waals surface area contributed by atoms with Crippen molar-refractivity contribution in [3.63, 3.8) is 0 Å². The number of carbonyl (C=O) groups excluding carboxylic acids is 2. The van der Waals surface area contributed by atoms with Crippen LogP contribution in [0.3, 0.4) is 0 Å². The van der Waals surface area contributed by atoms with Crippen molar-refractivity contribution in [1.29, 1.82) is 0 Å². The molecule has 0 saturated carbocycles. The lowest BCUT2D eigenvalue weighted by Gasteiger charge is -2.41. The maximum atomic E-state index is 13.4. The summed E-state index contributed by atoms with van der Waals surface area (Å²) in [6.07, 6.45) is 4.97. The van der Waals surface area contributed by atoms with Crippen molar-refractivity contribution in [3.8, 4) is 11.3 Å². The third-order valence-electron chi connectivity index (χ3n) is 10.2. The summed E-state index contributed by atoms with van der Waals surface area (Å²) in [6, 6.07) is 11.8.